The first-order valence-corrected chi connectivity index (χ1v) is 11.8. The van der Waals surface area contributed by atoms with Gasteiger partial charge in [0.15, 0.2) is 0 Å². The van der Waals surface area contributed by atoms with Crippen molar-refractivity contribution in [2.45, 2.75) is 43.6 Å². The molecule has 32 heavy (non-hydrogen) atoms. The van der Waals surface area contributed by atoms with Crippen LogP contribution in [0.1, 0.15) is 53.4 Å². The summed E-state index contributed by atoms with van der Waals surface area (Å²) in [5.41, 5.74) is 2.75. The zero-order valence-corrected chi connectivity index (χ0v) is 18.9. The van der Waals surface area contributed by atoms with Crippen molar-refractivity contribution in [3.05, 3.63) is 59.7 Å². The fourth-order valence-electron chi connectivity index (χ4n) is 4.29. The number of anilines is 2. The predicted octanol–water partition coefficient (Wildman–Crippen LogP) is 4.50. The summed E-state index contributed by atoms with van der Waals surface area (Å²) in [6.45, 7) is 3.10. The van der Waals surface area contributed by atoms with Crippen LogP contribution in [0.3, 0.4) is 0 Å². The molecule has 2 aliphatic rings. The zero-order chi connectivity index (χ0) is 22.3. The third-order valence-electron chi connectivity index (χ3n) is 6.04. The van der Waals surface area contributed by atoms with Crippen LogP contribution in [0.2, 0.25) is 0 Å². The van der Waals surface area contributed by atoms with E-state index in [1.54, 1.807) is 6.07 Å². The van der Waals surface area contributed by atoms with Gasteiger partial charge in [0.1, 0.15) is 5.38 Å². The summed E-state index contributed by atoms with van der Waals surface area (Å²) >= 11 is 6.37. The van der Waals surface area contributed by atoms with Gasteiger partial charge in [-0.2, -0.15) is 0 Å². The molecule has 0 bridgehead atoms. The Balaban J connectivity index is 1.51. The monoisotopic (exact) mass is 455 g/mol. The molecule has 2 heterocycles. The number of amides is 2. The molecule has 7 heteroatoms. The normalized spacial score (nSPS) is 19.4. The molecule has 170 valence electrons. The van der Waals surface area contributed by atoms with Crippen molar-refractivity contribution in [2.24, 2.45) is 0 Å². The average Bonchev–Trinajstić information content (AvgIpc) is 3.37. The molecule has 0 saturated carbocycles. The highest BCUT2D eigenvalue weighted by atomic mass is 35.5. The number of hydrogen-bond acceptors (Lipinski definition) is 4. The lowest BCUT2D eigenvalue weighted by molar-refractivity contribution is -0.116. The molecule has 2 fully saturated rings. The maximum atomic E-state index is 13.1. The molecule has 0 aliphatic carbocycles. The number of ether oxygens (including phenoxy) is 1. The Morgan fingerprint density at radius 1 is 1.06 bits per heavy atom. The van der Waals surface area contributed by atoms with E-state index in [1.165, 1.54) is 6.42 Å². The van der Waals surface area contributed by atoms with Crippen LogP contribution in [0, 0.1) is 0 Å². The second-order valence-electron chi connectivity index (χ2n) is 8.39. The molecule has 0 spiro atoms. The molecule has 2 aliphatic heterocycles. The van der Waals surface area contributed by atoms with Gasteiger partial charge < -0.3 is 20.3 Å². The molecular weight excluding hydrogens is 426 g/mol. The van der Waals surface area contributed by atoms with Crippen LogP contribution < -0.4 is 15.5 Å². The highest BCUT2D eigenvalue weighted by Crippen LogP contribution is 2.29. The second kappa shape index (κ2) is 10.8. The SMILES string of the molecule is O=C(NCC1CCCO1)c1cc(NC(=O)C(Cl)c2ccccc2)ccc1N1CCCCC1. The van der Waals surface area contributed by atoms with Crippen molar-refractivity contribution in [2.75, 3.05) is 36.5 Å². The van der Waals surface area contributed by atoms with Crippen molar-refractivity contribution < 1.29 is 14.3 Å². The number of piperidine rings is 1. The van der Waals surface area contributed by atoms with E-state index >= 15 is 0 Å². The standard InChI is InChI=1S/C25H30ClN3O3/c26-23(18-8-3-1-4-9-18)25(31)28-19-11-12-22(29-13-5-2-6-14-29)21(16-19)24(30)27-17-20-10-7-15-32-20/h1,3-4,8-9,11-12,16,20,23H,2,5-7,10,13-15,17H2,(H,27,30)(H,28,31). The second-order valence-corrected chi connectivity index (χ2v) is 8.82. The van der Waals surface area contributed by atoms with Gasteiger partial charge in [-0.05, 0) is 55.9 Å². The van der Waals surface area contributed by atoms with E-state index < -0.39 is 5.38 Å². The summed E-state index contributed by atoms with van der Waals surface area (Å²) in [4.78, 5) is 28.1. The summed E-state index contributed by atoms with van der Waals surface area (Å²) in [5, 5.41) is 5.08. The fourth-order valence-corrected chi connectivity index (χ4v) is 4.49. The molecule has 2 amide bonds. The largest absolute Gasteiger partial charge is 0.376 e. The van der Waals surface area contributed by atoms with Crippen LogP contribution in [0.25, 0.3) is 0 Å². The first-order chi connectivity index (χ1) is 15.6. The van der Waals surface area contributed by atoms with Gasteiger partial charge >= 0.3 is 0 Å². The van der Waals surface area contributed by atoms with E-state index in [1.807, 2.05) is 42.5 Å². The first kappa shape index (κ1) is 22.6. The smallest absolute Gasteiger partial charge is 0.253 e. The number of nitrogens with one attached hydrogen (secondary N) is 2. The molecule has 4 rings (SSSR count). The first-order valence-electron chi connectivity index (χ1n) is 11.4. The van der Waals surface area contributed by atoms with Crippen molar-refractivity contribution in [1.29, 1.82) is 0 Å². The van der Waals surface area contributed by atoms with Gasteiger partial charge in [0.2, 0.25) is 5.91 Å². The van der Waals surface area contributed by atoms with Crippen LogP contribution in [-0.2, 0) is 9.53 Å². The van der Waals surface area contributed by atoms with Crippen molar-refractivity contribution >= 4 is 34.8 Å². The molecule has 2 atom stereocenters. The molecule has 0 aromatic heterocycles. The van der Waals surface area contributed by atoms with Gasteiger partial charge in [-0.1, -0.05) is 30.3 Å². The van der Waals surface area contributed by atoms with Crippen LogP contribution in [0.15, 0.2) is 48.5 Å². The van der Waals surface area contributed by atoms with Crippen molar-refractivity contribution in [1.82, 2.24) is 5.32 Å². The van der Waals surface area contributed by atoms with E-state index in [9.17, 15) is 9.59 Å². The lowest BCUT2D eigenvalue weighted by atomic mass is 10.1. The molecule has 2 aromatic carbocycles. The third-order valence-corrected chi connectivity index (χ3v) is 6.49. The van der Waals surface area contributed by atoms with E-state index in [-0.39, 0.29) is 17.9 Å². The van der Waals surface area contributed by atoms with Crippen LogP contribution in [-0.4, -0.2) is 44.2 Å². The van der Waals surface area contributed by atoms with Gasteiger partial charge in [-0.25, -0.2) is 0 Å². The Morgan fingerprint density at radius 3 is 2.56 bits per heavy atom. The minimum Gasteiger partial charge on any atom is -0.376 e. The van der Waals surface area contributed by atoms with Gasteiger partial charge in [0, 0.05) is 37.6 Å². The average molecular weight is 456 g/mol. The number of nitrogens with zero attached hydrogens (tertiary/aromatic N) is 1. The van der Waals surface area contributed by atoms with Gasteiger partial charge in [-0.3, -0.25) is 9.59 Å². The lowest BCUT2D eigenvalue weighted by Gasteiger charge is -2.30. The van der Waals surface area contributed by atoms with E-state index in [0.717, 1.165) is 56.6 Å². The Bertz CT molecular complexity index is 925. The number of benzene rings is 2. The quantitative estimate of drug-likeness (QED) is 0.603. The van der Waals surface area contributed by atoms with E-state index in [0.29, 0.717) is 17.8 Å². The Labute approximate surface area is 194 Å². The molecule has 2 N–H and O–H groups in total. The molecular formula is C25H30ClN3O3. The minimum absolute atomic E-state index is 0.0724. The summed E-state index contributed by atoms with van der Waals surface area (Å²) < 4.78 is 5.63. The molecule has 2 aromatic rings. The highest BCUT2D eigenvalue weighted by Gasteiger charge is 2.23. The van der Waals surface area contributed by atoms with E-state index in [4.69, 9.17) is 16.3 Å². The maximum Gasteiger partial charge on any atom is 0.253 e. The van der Waals surface area contributed by atoms with Crippen LogP contribution in [0.5, 0.6) is 0 Å². The molecule has 0 radical (unpaired) electrons. The van der Waals surface area contributed by atoms with Crippen molar-refractivity contribution in [3.63, 3.8) is 0 Å². The van der Waals surface area contributed by atoms with Crippen LogP contribution >= 0.6 is 11.6 Å². The lowest BCUT2D eigenvalue weighted by Crippen LogP contribution is -2.35. The number of carbonyl (C=O) groups is 2. The van der Waals surface area contributed by atoms with Crippen LogP contribution in [0.4, 0.5) is 11.4 Å². The summed E-state index contributed by atoms with van der Waals surface area (Å²) in [6, 6.07) is 14.7. The maximum absolute atomic E-state index is 13.1. The van der Waals surface area contributed by atoms with Gasteiger partial charge in [-0.15, -0.1) is 11.6 Å². The molecule has 2 saturated heterocycles. The fraction of sp³-hybridized carbons (Fsp3) is 0.440. The number of halogens is 1. The number of alkyl halides is 1. The zero-order valence-electron chi connectivity index (χ0n) is 18.2. The third kappa shape index (κ3) is 5.61. The molecule has 6 nitrogen and oxygen atoms in total. The van der Waals surface area contributed by atoms with Crippen molar-refractivity contribution in [3.8, 4) is 0 Å². The predicted molar refractivity (Wildman–Crippen MR) is 127 cm³/mol. The minimum atomic E-state index is -0.810. The van der Waals surface area contributed by atoms with Gasteiger partial charge in [0.25, 0.3) is 5.91 Å². The number of rotatable bonds is 7. The summed E-state index contributed by atoms with van der Waals surface area (Å²) in [6.07, 6.45) is 5.50. The van der Waals surface area contributed by atoms with Gasteiger partial charge in [0.05, 0.1) is 11.7 Å². The number of hydrogen-bond donors (Lipinski definition) is 2. The highest BCUT2D eigenvalue weighted by molar-refractivity contribution is 6.32. The topological polar surface area (TPSA) is 70.7 Å². The Kier molecular flexibility index (Phi) is 7.66. The summed E-state index contributed by atoms with van der Waals surface area (Å²) in [5.74, 6) is -0.475. The van der Waals surface area contributed by atoms with E-state index in [2.05, 4.69) is 15.5 Å². The number of carbonyl (C=O) groups excluding carboxylic acids is 2. The molecule has 2 unspecified atom stereocenters. The Morgan fingerprint density at radius 2 is 1.84 bits per heavy atom. The Hall–Kier alpha value is -2.57. The summed E-state index contributed by atoms with van der Waals surface area (Å²) in [7, 11) is 0.